The molecule has 0 amide bonds. The van der Waals surface area contributed by atoms with Crippen molar-refractivity contribution < 1.29 is 0 Å². The molecule has 26 heavy (non-hydrogen) atoms. The summed E-state index contributed by atoms with van der Waals surface area (Å²) in [4.78, 5) is 0. The van der Waals surface area contributed by atoms with Gasteiger partial charge in [0.1, 0.15) is 0 Å². The van der Waals surface area contributed by atoms with Crippen LogP contribution in [-0.4, -0.2) is 60.4 Å². The largest absolute Gasteiger partial charge is 0.256 e. The molecule has 0 aliphatic carbocycles. The van der Waals surface area contributed by atoms with Gasteiger partial charge in [-0.1, -0.05) is 15.6 Å². The molecule has 140 valence electrons. The second-order valence-electron chi connectivity index (χ2n) is 5.15. The molecule has 4 rings (SSSR count). The summed E-state index contributed by atoms with van der Waals surface area (Å²) >= 11 is 0. The summed E-state index contributed by atoms with van der Waals surface area (Å²) in [6, 6.07) is 0. The second kappa shape index (κ2) is 11.2. The van der Waals surface area contributed by atoms with Crippen LogP contribution in [0.2, 0.25) is 0 Å². The quantitative estimate of drug-likeness (QED) is 0.469. The van der Waals surface area contributed by atoms with Gasteiger partial charge < -0.3 is 0 Å². The highest BCUT2D eigenvalue weighted by Gasteiger charge is 1.96. The van der Waals surface area contributed by atoms with Gasteiger partial charge in [0.2, 0.25) is 0 Å². The van der Waals surface area contributed by atoms with Gasteiger partial charge in [0.15, 0.2) is 0 Å². The molecule has 4 heterocycles. The molecule has 0 fully saturated rings. The van der Waals surface area contributed by atoms with Crippen molar-refractivity contribution in [3.63, 3.8) is 0 Å². The number of nitrogens with one attached hydrogen (secondary N) is 1. The molecule has 0 aliphatic rings. The summed E-state index contributed by atoms with van der Waals surface area (Å²) in [5.41, 5.74) is 3.10. The Hall–Kier alpha value is -3.44. The number of rotatable bonds is 0. The number of H-pyrrole nitrogens is 1. The summed E-state index contributed by atoms with van der Waals surface area (Å²) < 4.78 is 5.07. The minimum absolute atomic E-state index is 0.961. The van der Waals surface area contributed by atoms with Crippen LogP contribution in [-0.2, 0) is 21.1 Å². The summed E-state index contributed by atoms with van der Waals surface area (Å²) in [6.45, 7) is 5.85. The maximum Gasteiger partial charge on any atom is 0.0825 e. The fourth-order valence-corrected chi connectivity index (χ4v) is 1.40. The lowest BCUT2D eigenvalue weighted by molar-refractivity contribution is 0.696. The first kappa shape index (κ1) is 20.6. The van der Waals surface area contributed by atoms with Crippen molar-refractivity contribution in [1.82, 2.24) is 60.4 Å². The highest BCUT2D eigenvalue weighted by atomic mass is 15.4. The molecular formula is C14H24N12. The predicted molar refractivity (Wildman–Crippen MR) is 93.6 cm³/mol. The van der Waals surface area contributed by atoms with Gasteiger partial charge in [-0.3, -0.25) is 14.0 Å². The SMILES string of the molecule is Cc1cn(C)nn1.Cc1nnn(C)c1C.Cn1ccnn1.c1cn[nH]n1. The van der Waals surface area contributed by atoms with Gasteiger partial charge in [-0.25, -0.2) is 0 Å². The third kappa shape index (κ3) is 8.42. The van der Waals surface area contributed by atoms with E-state index < -0.39 is 0 Å². The number of aromatic amines is 1. The van der Waals surface area contributed by atoms with Gasteiger partial charge in [0.25, 0.3) is 0 Å². The zero-order chi connectivity index (χ0) is 19.4. The van der Waals surface area contributed by atoms with E-state index in [1.54, 1.807) is 38.8 Å². The van der Waals surface area contributed by atoms with Crippen LogP contribution in [0.1, 0.15) is 17.1 Å². The average Bonchev–Trinajstić information content (AvgIpc) is 3.40. The third-order valence-electron chi connectivity index (χ3n) is 2.93. The molecule has 0 radical (unpaired) electrons. The van der Waals surface area contributed by atoms with E-state index in [0.717, 1.165) is 17.1 Å². The maximum absolute atomic E-state index is 3.83. The smallest absolute Gasteiger partial charge is 0.0825 e. The number of nitrogens with zero attached hydrogens (tertiary/aromatic N) is 11. The molecule has 12 nitrogen and oxygen atoms in total. The van der Waals surface area contributed by atoms with Gasteiger partial charge in [-0.2, -0.15) is 15.4 Å². The van der Waals surface area contributed by atoms with E-state index in [1.165, 1.54) is 0 Å². The van der Waals surface area contributed by atoms with Gasteiger partial charge in [-0.15, -0.1) is 15.3 Å². The Labute approximate surface area is 151 Å². The molecule has 0 unspecified atom stereocenters. The lowest BCUT2D eigenvalue weighted by atomic mass is 10.4. The van der Waals surface area contributed by atoms with E-state index in [0.29, 0.717) is 0 Å². The minimum Gasteiger partial charge on any atom is -0.256 e. The van der Waals surface area contributed by atoms with E-state index in [1.807, 2.05) is 48.1 Å². The monoisotopic (exact) mass is 360 g/mol. The highest BCUT2D eigenvalue weighted by Crippen LogP contribution is 1.96. The average molecular weight is 360 g/mol. The van der Waals surface area contributed by atoms with Crippen molar-refractivity contribution in [1.29, 1.82) is 0 Å². The summed E-state index contributed by atoms with van der Waals surface area (Å²) in [7, 11) is 5.56. The van der Waals surface area contributed by atoms with Crippen molar-refractivity contribution in [3.8, 4) is 0 Å². The molecule has 0 bridgehead atoms. The molecule has 12 heteroatoms. The molecule has 0 aromatic carbocycles. The van der Waals surface area contributed by atoms with Gasteiger partial charge in [-0.05, 0) is 20.8 Å². The van der Waals surface area contributed by atoms with Crippen molar-refractivity contribution in [2.45, 2.75) is 20.8 Å². The topological polar surface area (TPSA) is 134 Å². The molecule has 0 saturated heterocycles. The van der Waals surface area contributed by atoms with E-state index >= 15 is 0 Å². The fraction of sp³-hybridized carbons (Fsp3) is 0.429. The first-order valence-electron chi connectivity index (χ1n) is 7.66. The third-order valence-corrected chi connectivity index (χ3v) is 2.93. The Morgan fingerprint density at radius 3 is 1.65 bits per heavy atom. The molecular weight excluding hydrogens is 336 g/mol. The Kier molecular flexibility index (Phi) is 8.85. The van der Waals surface area contributed by atoms with E-state index in [-0.39, 0.29) is 0 Å². The number of hydrogen-bond acceptors (Lipinski definition) is 8. The lowest BCUT2D eigenvalue weighted by Gasteiger charge is -1.87. The molecule has 0 aliphatic heterocycles. The van der Waals surface area contributed by atoms with Crippen molar-refractivity contribution in [2.75, 3.05) is 0 Å². The number of aryl methyl sites for hydroxylation is 5. The molecule has 0 spiro atoms. The molecule has 4 aromatic heterocycles. The van der Waals surface area contributed by atoms with E-state index in [4.69, 9.17) is 0 Å². The Bertz CT molecular complexity index is 759. The maximum atomic E-state index is 3.83. The zero-order valence-electron chi connectivity index (χ0n) is 15.8. The lowest BCUT2D eigenvalue weighted by Crippen LogP contribution is -1.92. The van der Waals surface area contributed by atoms with E-state index in [2.05, 4.69) is 46.3 Å². The van der Waals surface area contributed by atoms with Crippen LogP contribution in [0.15, 0.2) is 31.0 Å². The standard InChI is InChI=1S/C5H9N3.C4H7N3.C3H5N3.C2H3N3/c1-4-5(2)8(3)7-6-4;1-4-3-7(2)6-5-4;1-6-3-2-4-5-6;1-2-4-5-3-1/h1-3H3;3H,1-2H3;2-3H,1H3;1-2H,(H,3,4,5). The number of aromatic nitrogens is 12. The minimum atomic E-state index is 0.961. The molecule has 1 N–H and O–H groups in total. The van der Waals surface area contributed by atoms with Crippen LogP contribution >= 0.6 is 0 Å². The number of hydrogen-bond donors (Lipinski definition) is 1. The van der Waals surface area contributed by atoms with Crippen LogP contribution < -0.4 is 0 Å². The first-order valence-corrected chi connectivity index (χ1v) is 7.66. The highest BCUT2D eigenvalue weighted by molar-refractivity contribution is 5.03. The predicted octanol–water partition coefficient (Wildman–Crippen LogP) is 0.175. The first-order chi connectivity index (χ1) is 12.4. The van der Waals surface area contributed by atoms with Gasteiger partial charge in [0, 0.05) is 33.5 Å². The fourth-order valence-electron chi connectivity index (χ4n) is 1.40. The van der Waals surface area contributed by atoms with Crippen molar-refractivity contribution >= 4 is 0 Å². The van der Waals surface area contributed by atoms with Crippen LogP contribution in [0.5, 0.6) is 0 Å². The second-order valence-corrected chi connectivity index (χ2v) is 5.15. The van der Waals surface area contributed by atoms with Gasteiger partial charge in [0.05, 0.1) is 35.7 Å². The summed E-state index contributed by atoms with van der Waals surface area (Å²) in [5.74, 6) is 0. The Morgan fingerprint density at radius 1 is 0.808 bits per heavy atom. The molecule has 0 saturated carbocycles. The Morgan fingerprint density at radius 2 is 1.50 bits per heavy atom. The van der Waals surface area contributed by atoms with Crippen molar-refractivity contribution in [2.24, 2.45) is 21.1 Å². The van der Waals surface area contributed by atoms with E-state index in [9.17, 15) is 0 Å². The van der Waals surface area contributed by atoms with Crippen LogP contribution in [0.4, 0.5) is 0 Å². The van der Waals surface area contributed by atoms with Crippen LogP contribution in [0.3, 0.4) is 0 Å². The molecule has 4 aromatic rings. The normalized spacial score (nSPS) is 9.15. The summed E-state index contributed by atoms with van der Waals surface area (Å²) in [6.07, 6.45) is 8.44. The van der Waals surface area contributed by atoms with Crippen LogP contribution in [0, 0.1) is 20.8 Å². The molecule has 0 atom stereocenters. The summed E-state index contributed by atoms with van der Waals surface area (Å²) in [5, 5.41) is 31.5. The van der Waals surface area contributed by atoms with Crippen molar-refractivity contribution in [3.05, 3.63) is 48.1 Å². The van der Waals surface area contributed by atoms with Crippen LogP contribution in [0.25, 0.3) is 0 Å². The Balaban J connectivity index is 0.000000176. The van der Waals surface area contributed by atoms with Gasteiger partial charge >= 0.3 is 0 Å². The zero-order valence-corrected chi connectivity index (χ0v) is 15.8.